The van der Waals surface area contributed by atoms with Crippen molar-refractivity contribution in [2.45, 2.75) is 12.5 Å². The Hall–Kier alpha value is -2.15. The number of carboxylic acid groups (broad SMARTS) is 1. The van der Waals surface area contributed by atoms with Crippen LogP contribution in [-0.4, -0.2) is 41.9 Å². The maximum Gasteiger partial charge on any atom is 0.332 e. The van der Waals surface area contributed by atoms with Crippen molar-refractivity contribution in [3.8, 4) is 0 Å². The molecular formula is C12H15FN2O4. The number of urea groups is 1. The number of carbonyl (C=O) groups is 2. The highest BCUT2D eigenvalue weighted by Crippen LogP contribution is 2.16. The Labute approximate surface area is 109 Å². The number of aliphatic hydroxyl groups excluding tert-OH is 1. The van der Waals surface area contributed by atoms with Crippen LogP contribution in [-0.2, 0) is 4.79 Å². The lowest BCUT2D eigenvalue weighted by Gasteiger charge is -2.18. The number of halogens is 1. The van der Waals surface area contributed by atoms with E-state index in [4.69, 9.17) is 10.2 Å². The topological polar surface area (TPSA) is 89.9 Å². The fraction of sp³-hybridized carbons (Fsp3) is 0.333. The molecule has 0 heterocycles. The van der Waals surface area contributed by atoms with Gasteiger partial charge in [0.25, 0.3) is 0 Å². The molecule has 0 fully saturated rings. The molecule has 0 saturated carbocycles. The van der Waals surface area contributed by atoms with Crippen LogP contribution in [0.3, 0.4) is 0 Å². The van der Waals surface area contributed by atoms with E-state index < -0.39 is 23.9 Å². The normalized spacial score (nSPS) is 11.7. The van der Waals surface area contributed by atoms with Gasteiger partial charge in [-0.05, 0) is 12.1 Å². The predicted molar refractivity (Wildman–Crippen MR) is 66.5 cm³/mol. The average Bonchev–Trinajstić information content (AvgIpc) is 2.38. The summed E-state index contributed by atoms with van der Waals surface area (Å²) in [4.78, 5) is 23.1. The van der Waals surface area contributed by atoms with Crippen LogP contribution < -0.4 is 10.2 Å². The Bertz CT molecular complexity index is 467. The quantitative estimate of drug-likeness (QED) is 0.738. The third-order valence-electron chi connectivity index (χ3n) is 2.50. The van der Waals surface area contributed by atoms with Gasteiger partial charge >= 0.3 is 12.0 Å². The number of rotatable bonds is 5. The van der Waals surface area contributed by atoms with E-state index in [2.05, 4.69) is 5.32 Å². The molecule has 6 nitrogen and oxygen atoms in total. The Balaban J connectivity index is 2.50. The molecule has 1 aromatic rings. The molecule has 3 N–H and O–H groups in total. The Morgan fingerprint density at radius 1 is 1.42 bits per heavy atom. The summed E-state index contributed by atoms with van der Waals surface area (Å²) in [6.07, 6.45) is -1.65. The number of nitrogens with zero attached hydrogens (tertiary/aromatic N) is 1. The van der Waals surface area contributed by atoms with E-state index in [9.17, 15) is 14.0 Å². The second-order valence-electron chi connectivity index (χ2n) is 3.89. The highest BCUT2D eigenvalue weighted by Gasteiger charge is 2.16. The highest BCUT2D eigenvalue weighted by atomic mass is 19.1. The number of aliphatic carboxylic acids is 1. The first-order valence-electron chi connectivity index (χ1n) is 5.60. The van der Waals surface area contributed by atoms with E-state index in [1.54, 1.807) is 6.07 Å². The van der Waals surface area contributed by atoms with Gasteiger partial charge in [-0.15, -0.1) is 0 Å². The second-order valence-corrected chi connectivity index (χ2v) is 3.89. The number of amides is 2. The van der Waals surface area contributed by atoms with Crippen LogP contribution in [0.5, 0.6) is 0 Å². The number of nitrogens with one attached hydrogen (secondary N) is 1. The van der Waals surface area contributed by atoms with Crippen molar-refractivity contribution >= 4 is 17.7 Å². The number of para-hydroxylation sites is 1. The molecule has 1 atom stereocenters. The number of benzene rings is 1. The van der Waals surface area contributed by atoms with Gasteiger partial charge in [0.15, 0.2) is 6.10 Å². The van der Waals surface area contributed by atoms with Crippen molar-refractivity contribution in [1.82, 2.24) is 5.32 Å². The first-order valence-corrected chi connectivity index (χ1v) is 5.60. The summed E-state index contributed by atoms with van der Waals surface area (Å²) in [6.45, 7) is -0.0227. The van der Waals surface area contributed by atoms with E-state index in [-0.39, 0.29) is 18.7 Å². The molecule has 0 radical (unpaired) electrons. The molecule has 1 rings (SSSR count). The zero-order chi connectivity index (χ0) is 14.4. The standard InChI is InChI=1S/C12H15FN2O4/c1-15(9-5-3-2-4-8(9)13)12(19)14-7-6-10(16)11(17)18/h2-5,10,16H,6-7H2,1H3,(H,14,19)(H,17,18). The number of hydrogen-bond donors (Lipinski definition) is 3. The van der Waals surface area contributed by atoms with Gasteiger partial charge in [0.05, 0.1) is 5.69 Å². The summed E-state index contributed by atoms with van der Waals surface area (Å²) >= 11 is 0. The zero-order valence-corrected chi connectivity index (χ0v) is 10.3. The van der Waals surface area contributed by atoms with Gasteiger partial charge in [-0.2, -0.15) is 0 Å². The third-order valence-corrected chi connectivity index (χ3v) is 2.50. The largest absolute Gasteiger partial charge is 0.479 e. The van der Waals surface area contributed by atoms with Gasteiger partial charge in [-0.25, -0.2) is 14.0 Å². The molecule has 0 spiro atoms. The molecule has 19 heavy (non-hydrogen) atoms. The number of hydrogen-bond acceptors (Lipinski definition) is 3. The van der Waals surface area contributed by atoms with Crippen LogP contribution in [0, 0.1) is 5.82 Å². The SMILES string of the molecule is CN(C(=O)NCCC(O)C(=O)O)c1ccccc1F. The highest BCUT2D eigenvalue weighted by molar-refractivity contribution is 5.91. The molecule has 1 aromatic carbocycles. The van der Waals surface area contributed by atoms with Gasteiger partial charge in [0.2, 0.25) is 0 Å². The molecule has 0 aliphatic heterocycles. The monoisotopic (exact) mass is 270 g/mol. The summed E-state index contributed by atoms with van der Waals surface area (Å²) in [5.74, 6) is -1.89. The van der Waals surface area contributed by atoms with E-state index in [1.807, 2.05) is 0 Å². The van der Waals surface area contributed by atoms with Crippen LogP contribution in [0.15, 0.2) is 24.3 Å². The number of carboxylic acids is 1. The van der Waals surface area contributed by atoms with Crippen molar-refractivity contribution in [3.05, 3.63) is 30.1 Å². The minimum Gasteiger partial charge on any atom is -0.479 e. The number of carbonyl (C=O) groups excluding carboxylic acids is 1. The van der Waals surface area contributed by atoms with Crippen molar-refractivity contribution in [2.75, 3.05) is 18.5 Å². The van der Waals surface area contributed by atoms with Crippen molar-refractivity contribution in [1.29, 1.82) is 0 Å². The smallest absolute Gasteiger partial charge is 0.332 e. The van der Waals surface area contributed by atoms with E-state index in [0.29, 0.717) is 0 Å². The summed E-state index contributed by atoms with van der Waals surface area (Å²) < 4.78 is 13.4. The maximum atomic E-state index is 13.4. The predicted octanol–water partition coefficient (Wildman–Crippen LogP) is 0.807. The average molecular weight is 270 g/mol. The molecule has 0 aromatic heterocycles. The Morgan fingerprint density at radius 2 is 2.05 bits per heavy atom. The summed E-state index contributed by atoms with van der Waals surface area (Å²) in [7, 11) is 1.39. The second kappa shape index (κ2) is 6.69. The van der Waals surface area contributed by atoms with E-state index >= 15 is 0 Å². The molecule has 0 aliphatic carbocycles. The molecule has 2 amide bonds. The van der Waals surface area contributed by atoms with E-state index in [1.165, 1.54) is 25.2 Å². The molecule has 1 unspecified atom stereocenters. The third kappa shape index (κ3) is 4.22. The molecule has 0 aliphatic rings. The first kappa shape index (κ1) is 14.9. The van der Waals surface area contributed by atoms with Crippen molar-refractivity contribution in [3.63, 3.8) is 0 Å². The van der Waals surface area contributed by atoms with Crippen LogP contribution in [0.2, 0.25) is 0 Å². The Kier molecular flexibility index (Phi) is 5.25. The summed E-state index contributed by atoms with van der Waals surface area (Å²) in [5, 5.41) is 19.9. The summed E-state index contributed by atoms with van der Waals surface area (Å²) in [5.41, 5.74) is 0.110. The van der Waals surface area contributed by atoms with Crippen LogP contribution in [0.1, 0.15) is 6.42 Å². The molecule has 7 heteroatoms. The summed E-state index contributed by atoms with van der Waals surface area (Å²) in [6, 6.07) is 5.20. The molecule has 104 valence electrons. The van der Waals surface area contributed by atoms with Crippen LogP contribution >= 0.6 is 0 Å². The lowest BCUT2D eigenvalue weighted by Crippen LogP contribution is -2.39. The fourth-order valence-corrected chi connectivity index (χ4v) is 1.39. The molecular weight excluding hydrogens is 255 g/mol. The van der Waals surface area contributed by atoms with Gasteiger partial charge in [0, 0.05) is 20.0 Å². The minimum atomic E-state index is -1.53. The zero-order valence-electron chi connectivity index (χ0n) is 10.3. The van der Waals surface area contributed by atoms with E-state index in [0.717, 1.165) is 4.90 Å². The van der Waals surface area contributed by atoms with Gasteiger partial charge in [0.1, 0.15) is 5.82 Å². The lowest BCUT2D eigenvalue weighted by molar-refractivity contribution is -0.146. The van der Waals surface area contributed by atoms with Crippen LogP contribution in [0.4, 0.5) is 14.9 Å². The van der Waals surface area contributed by atoms with Gasteiger partial charge in [-0.1, -0.05) is 12.1 Å². The first-order chi connectivity index (χ1) is 8.93. The number of aliphatic hydroxyl groups is 1. The van der Waals surface area contributed by atoms with Gasteiger partial charge in [-0.3, -0.25) is 4.90 Å². The van der Waals surface area contributed by atoms with Gasteiger partial charge < -0.3 is 15.5 Å². The Morgan fingerprint density at radius 3 is 2.63 bits per heavy atom. The van der Waals surface area contributed by atoms with Crippen molar-refractivity contribution < 1.29 is 24.2 Å². The van der Waals surface area contributed by atoms with Crippen molar-refractivity contribution in [2.24, 2.45) is 0 Å². The fourth-order valence-electron chi connectivity index (χ4n) is 1.39. The lowest BCUT2D eigenvalue weighted by atomic mass is 10.2. The number of anilines is 1. The molecule has 0 bridgehead atoms. The molecule has 0 saturated heterocycles. The van der Waals surface area contributed by atoms with Crippen LogP contribution in [0.25, 0.3) is 0 Å². The minimum absolute atomic E-state index is 0.0227. The maximum absolute atomic E-state index is 13.4.